The van der Waals surface area contributed by atoms with Crippen molar-refractivity contribution in [1.29, 1.82) is 0 Å². The highest BCUT2D eigenvalue weighted by Crippen LogP contribution is 2.35. The van der Waals surface area contributed by atoms with Crippen LogP contribution in [-0.2, 0) is 0 Å². The van der Waals surface area contributed by atoms with Crippen LogP contribution in [0.15, 0.2) is 58.5 Å². The predicted octanol–water partition coefficient (Wildman–Crippen LogP) is 3.87. The topological polar surface area (TPSA) is 31.1 Å². The van der Waals surface area contributed by atoms with Gasteiger partial charge in [0.15, 0.2) is 0 Å². The average Bonchev–Trinajstić information content (AvgIpc) is 3.00. The quantitative estimate of drug-likeness (QED) is 0.766. The first-order valence-electron chi connectivity index (χ1n) is 7.81. The minimum absolute atomic E-state index is 0.182. The Morgan fingerprint density at radius 1 is 1.00 bits per heavy atom. The summed E-state index contributed by atoms with van der Waals surface area (Å²) in [6, 6.07) is 15.3. The van der Waals surface area contributed by atoms with Gasteiger partial charge in [0.1, 0.15) is 5.82 Å². The molecule has 1 aliphatic rings. The molecule has 5 heteroatoms. The molecular weight excluding hydrogens is 309 g/mol. The van der Waals surface area contributed by atoms with Crippen molar-refractivity contribution in [2.45, 2.75) is 9.92 Å². The van der Waals surface area contributed by atoms with Gasteiger partial charge in [-0.2, -0.15) is 0 Å². The largest absolute Gasteiger partial charge is 0.368 e. The number of piperazine rings is 1. The normalized spacial score (nSPS) is 15.3. The van der Waals surface area contributed by atoms with Gasteiger partial charge in [0.25, 0.3) is 0 Å². The summed E-state index contributed by atoms with van der Waals surface area (Å²) in [4.78, 5) is 6.45. The van der Waals surface area contributed by atoms with E-state index < -0.39 is 0 Å². The van der Waals surface area contributed by atoms with Gasteiger partial charge in [-0.1, -0.05) is 30.0 Å². The van der Waals surface area contributed by atoms with E-state index in [1.165, 1.54) is 28.9 Å². The monoisotopic (exact) mass is 327 g/mol. The molecule has 2 aromatic carbocycles. The Labute approximate surface area is 138 Å². The molecule has 0 aliphatic carbocycles. The van der Waals surface area contributed by atoms with Crippen molar-refractivity contribution < 1.29 is 4.39 Å². The van der Waals surface area contributed by atoms with Gasteiger partial charge in [-0.3, -0.25) is 0 Å². The fourth-order valence-electron chi connectivity index (χ4n) is 3.00. The second-order valence-corrected chi connectivity index (χ2v) is 6.73. The number of rotatable bonds is 3. The highest BCUT2D eigenvalue weighted by molar-refractivity contribution is 7.99. The predicted molar refractivity (Wildman–Crippen MR) is 93.9 cm³/mol. The minimum atomic E-state index is -0.182. The third-order valence-electron chi connectivity index (χ3n) is 4.13. The van der Waals surface area contributed by atoms with Gasteiger partial charge in [-0.15, -0.1) is 0 Å². The standard InChI is InChI=1S/C18H18FN3S/c19-14-4-1-2-7-17(14)23-18-12-13-15(21-18)5-3-6-16(13)22-10-8-20-9-11-22/h1-7,12,20-21H,8-11H2. The number of benzene rings is 2. The number of nitrogens with one attached hydrogen (secondary N) is 2. The third kappa shape index (κ3) is 2.94. The summed E-state index contributed by atoms with van der Waals surface area (Å²) >= 11 is 1.43. The lowest BCUT2D eigenvalue weighted by atomic mass is 10.2. The van der Waals surface area contributed by atoms with Gasteiger partial charge in [-0.05, 0) is 30.3 Å². The molecular formula is C18H18FN3S. The molecule has 2 N–H and O–H groups in total. The smallest absolute Gasteiger partial charge is 0.137 e. The number of nitrogens with zero attached hydrogens (tertiary/aromatic N) is 1. The van der Waals surface area contributed by atoms with Gasteiger partial charge >= 0.3 is 0 Å². The van der Waals surface area contributed by atoms with Gasteiger partial charge in [0.2, 0.25) is 0 Å². The van der Waals surface area contributed by atoms with Gasteiger partial charge in [0.05, 0.1) is 5.03 Å². The van der Waals surface area contributed by atoms with Crippen LogP contribution in [0.3, 0.4) is 0 Å². The van der Waals surface area contributed by atoms with E-state index in [0.717, 1.165) is 36.7 Å². The molecule has 1 saturated heterocycles. The van der Waals surface area contributed by atoms with Crippen molar-refractivity contribution in [2.24, 2.45) is 0 Å². The molecule has 0 amide bonds. The van der Waals surface area contributed by atoms with E-state index in [-0.39, 0.29) is 5.82 Å². The Kier molecular flexibility index (Phi) is 3.97. The van der Waals surface area contributed by atoms with Crippen molar-refractivity contribution in [3.05, 3.63) is 54.3 Å². The highest BCUT2D eigenvalue weighted by atomic mass is 32.2. The van der Waals surface area contributed by atoms with Crippen LogP contribution >= 0.6 is 11.8 Å². The van der Waals surface area contributed by atoms with E-state index in [0.29, 0.717) is 4.90 Å². The summed E-state index contributed by atoms with van der Waals surface area (Å²) in [5.41, 5.74) is 2.35. The fourth-order valence-corrected chi connectivity index (χ4v) is 3.88. The van der Waals surface area contributed by atoms with Gasteiger partial charge < -0.3 is 15.2 Å². The SMILES string of the molecule is Fc1ccccc1Sc1cc2c(N3CCNCC3)cccc2[nH]1. The summed E-state index contributed by atoms with van der Waals surface area (Å²) in [7, 11) is 0. The number of fused-ring (bicyclic) bond motifs is 1. The van der Waals surface area contributed by atoms with Gasteiger partial charge in [0, 0.05) is 47.7 Å². The van der Waals surface area contributed by atoms with Crippen molar-refractivity contribution in [2.75, 3.05) is 31.1 Å². The van der Waals surface area contributed by atoms with Crippen LogP contribution in [0.2, 0.25) is 0 Å². The van der Waals surface area contributed by atoms with Crippen LogP contribution in [0.5, 0.6) is 0 Å². The Morgan fingerprint density at radius 2 is 1.83 bits per heavy atom. The lowest BCUT2D eigenvalue weighted by Gasteiger charge is -2.30. The van der Waals surface area contributed by atoms with Crippen LogP contribution in [0, 0.1) is 5.82 Å². The molecule has 1 fully saturated rings. The Bertz CT molecular complexity index is 824. The molecule has 0 unspecified atom stereocenters. The number of halogens is 1. The number of hydrogen-bond donors (Lipinski definition) is 2. The number of H-pyrrole nitrogens is 1. The second-order valence-electron chi connectivity index (χ2n) is 5.64. The summed E-state index contributed by atoms with van der Waals surface area (Å²) < 4.78 is 13.9. The van der Waals surface area contributed by atoms with Crippen molar-refractivity contribution >= 4 is 28.4 Å². The molecule has 0 saturated carbocycles. The number of aromatic nitrogens is 1. The third-order valence-corrected chi connectivity index (χ3v) is 5.12. The summed E-state index contributed by atoms with van der Waals surface area (Å²) in [5.74, 6) is -0.182. The molecule has 3 nitrogen and oxygen atoms in total. The molecule has 0 atom stereocenters. The molecule has 0 bridgehead atoms. The minimum Gasteiger partial charge on any atom is -0.368 e. The van der Waals surface area contributed by atoms with Crippen LogP contribution in [-0.4, -0.2) is 31.2 Å². The summed E-state index contributed by atoms with van der Waals surface area (Å²) in [6.07, 6.45) is 0. The zero-order valence-corrected chi connectivity index (χ0v) is 13.5. The molecule has 4 rings (SSSR count). The lowest BCUT2D eigenvalue weighted by Crippen LogP contribution is -2.43. The van der Waals surface area contributed by atoms with E-state index in [1.54, 1.807) is 6.07 Å². The Morgan fingerprint density at radius 3 is 2.65 bits per heavy atom. The maximum atomic E-state index is 13.9. The van der Waals surface area contributed by atoms with E-state index in [9.17, 15) is 4.39 Å². The first-order chi connectivity index (χ1) is 11.3. The summed E-state index contributed by atoms with van der Waals surface area (Å²) in [5, 5.41) is 5.55. The van der Waals surface area contributed by atoms with Crippen LogP contribution in [0.1, 0.15) is 0 Å². The molecule has 23 heavy (non-hydrogen) atoms. The molecule has 1 aromatic heterocycles. The zero-order valence-electron chi connectivity index (χ0n) is 12.7. The average molecular weight is 327 g/mol. The number of hydrogen-bond acceptors (Lipinski definition) is 3. The first-order valence-corrected chi connectivity index (χ1v) is 8.63. The number of aromatic amines is 1. The van der Waals surface area contributed by atoms with Crippen LogP contribution in [0.4, 0.5) is 10.1 Å². The van der Waals surface area contributed by atoms with E-state index >= 15 is 0 Å². The van der Waals surface area contributed by atoms with Crippen LogP contribution < -0.4 is 10.2 Å². The first kappa shape index (κ1) is 14.6. The maximum absolute atomic E-state index is 13.9. The van der Waals surface area contributed by atoms with Crippen molar-refractivity contribution in [1.82, 2.24) is 10.3 Å². The van der Waals surface area contributed by atoms with E-state index in [2.05, 4.69) is 39.5 Å². The van der Waals surface area contributed by atoms with E-state index in [1.807, 2.05) is 12.1 Å². The molecule has 0 radical (unpaired) electrons. The van der Waals surface area contributed by atoms with Crippen LogP contribution in [0.25, 0.3) is 10.9 Å². The Balaban J connectivity index is 1.69. The zero-order chi connectivity index (χ0) is 15.6. The highest BCUT2D eigenvalue weighted by Gasteiger charge is 2.15. The molecule has 2 heterocycles. The van der Waals surface area contributed by atoms with Gasteiger partial charge in [-0.25, -0.2) is 4.39 Å². The lowest BCUT2D eigenvalue weighted by molar-refractivity contribution is 0.590. The van der Waals surface area contributed by atoms with Crippen molar-refractivity contribution in [3.63, 3.8) is 0 Å². The van der Waals surface area contributed by atoms with Crippen molar-refractivity contribution in [3.8, 4) is 0 Å². The molecule has 3 aromatic rings. The summed E-state index contributed by atoms with van der Waals surface area (Å²) in [6.45, 7) is 4.05. The maximum Gasteiger partial charge on any atom is 0.137 e. The second kappa shape index (κ2) is 6.26. The molecule has 118 valence electrons. The number of anilines is 1. The fraction of sp³-hybridized carbons (Fsp3) is 0.222. The molecule has 0 spiro atoms. The molecule has 1 aliphatic heterocycles. The van der Waals surface area contributed by atoms with E-state index in [4.69, 9.17) is 0 Å². The Hall–Kier alpha value is -1.98.